The lowest BCUT2D eigenvalue weighted by Crippen LogP contribution is -2.61. The van der Waals surface area contributed by atoms with E-state index in [1.165, 1.54) is 5.01 Å². The van der Waals surface area contributed by atoms with Gasteiger partial charge < -0.3 is 19.9 Å². The molecule has 2 atom stereocenters. The van der Waals surface area contributed by atoms with Crippen LogP contribution in [0, 0.1) is 0 Å². The van der Waals surface area contributed by atoms with Crippen LogP contribution in [0.4, 0.5) is 0 Å². The van der Waals surface area contributed by atoms with Gasteiger partial charge in [0.1, 0.15) is 12.1 Å². The number of carboxylic acids is 1. The lowest BCUT2D eigenvalue weighted by molar-refractivity contribution is -0.174. The predicted octanol–water partition coefficient (Wildman–Crippen LogP) is 0.899. The van der Waals surface area contributed by atoms with Crippen molar-refractivity contribution >= 4 is 34.9 Å². The van der Waals surface area contributed by atoms with Crippen molar-refractivity contribution in [3.05, 3.63) is 23.8 Å². The Kier molecular flexibility index (Phi) is 5.87. The number of carbonyl (C=O) groups is 3. The van der Waals surface area contributed by atoms with E-state index in [4.69, 9.17) is 21.7 Å². The van der Waals surface area contributed by atoms with Gasteiger partial charge in [-0.3, -0.25) is 14.6 Å². The summed E-state index contributed by atoms with van der Waals surface area (Å²) in [6.45, 7) is 1.39. The standard InChI is InChI=1S/C20H23N3O6S/c24-18(17(30)10-12-5-6-15-16(9-12)29-11-28-15)21-13-3-1-7-22-8-2-4-14(20(26)27)23(22)19(13)25/h5-6,9,13-14H,1-4,7-8,10-11H2,(H,21,24)(H,26,27)/t13?,14-/m0/s1. The number of amides is 2. The normalized spacial score (nSPS) is 23.5. The lowest BCUT2D eigenvalue weighted by atomic mass is 10.1. The molecule has 30 heavy (non-hydrogen) atoms. The minimum Gasteiger partial charge on any atom is -0.480 e. The topological polar surface area (TPSA) is 108 Å². The van der Waals surface area contributed by atoms with Crippen LogP contribution >= 0.6 is 12.2 Å². The maximum atomic E-state index is 13.1. The van der Waals surface area contributed by atoms with Gasteiger partial charge in [0.25, 0.3) is 11.8 Å². The summed E-state index contributed by atoms with van der Waals surface area (Å²) in [6.07, 6.45) is 2.47. The third-order valence-electron chi connectivity index (χ3n) is 5.57. The van der Waals surface area contributed by atoms with Crippen molar-refractivity contribution in [3.8, 4) is 11.5 Å². The van der Waals surface area contributed by atoms with Crippen LogP contribution in [0.2, 0.25) is 0 Å². The predicted molar refractivity (Wildman–Crippen MR) is 109 cm³/mol. The molecule has 0 saturated carbocycles. The van der Waals surface area contributed by atoms with Crippen LogP contribution in [0.5, 0.6) is 11.5 Å². The van der Waals surface area contributed by atoms with E-state index in [0.717, 1.165) is 12.0 Å². The van der Waals surface area contributed by atoms with Crippen molar-refractivity contribution < 1.29 is 29.0 Å². The number of aliphatic carboxylic acids is 1. The van der Waals surface area contributed by atoms with Gasteiger partial charge in [0.15, 0.2) is 11.5 Å². The van der Waals surface area contributed by atoms with E-state index in [1.807, 2.05) is 6.07 Å². The average Bonchev–Trinajstić information content (AvgIpc) is 3.13. The lowest BCUT2D eigenvalue weighted by Gasteiger charge is -2.42. The molecule has 160 valence electrons. The number of hydrogen-bond acceptors (Lipinski definition) is 7. The smallest absolute Gasteiger partial charge is 0.328 e. The second-order valence-electron chi connectivity index (χ2n) is 7.59. The van der Waals surface area contributed by atoms with Gasteiger partial charge in [-0.05, 0) is 43.4 Å². The summed E-state index contributed by atoms with van der Waals surface area (Å²) in [7, 11) is 0. The van der Waals surface area contributed by atoms with Crippen LogP contribution < -0.4 is 14.8 Å². The molecule has 0 radical (unpaired) electrons. The molecule has 9 nitrogen and oxygen atoms in total. The molecule has 1 unspecified atom stereocenters. The number of rotatable bonds is 5. The number of nitrogens with zero attached hydrogens (tertiary/aromatic N) is 2. The van der Waals surface area contributed by atoms with Crippen LogP contribution in [0.15, 0.2) is 18.2 Å². The second-order valence-corrected chi connectivity index (χ2v) is 8.08. The zero-order chi connectivity index (χ0) is 21.3. The van der Waals surface area contributed by atoms with Crippen molar-refractivity contribution in [3.63, 3.8) is 0 Å². The molecule has 3 heterocycles. The summed E-state index contributed by atoms with van der Waals surface area (Å²) in [4.78, 5) is 37.5. The molecule has 2 saturated heterocycles. The second kappa shape index (κ2) is 8.57. The van der Waals surface area contributed by atoms with E-state index in [9.17, 15) is 19.5 Å². The third-order valence-corrected chi connectivity index (χ3v) is 5.90. The van der Waals surface area contributed by atoms with Crippen molar-refractivity contribution in [2.24, 2.45) is 0 Å². The van der Waals surface area contributed by atoms with Gasteiger partial charge in [0, 0.05) is 19.5 Å². The highest BCUT2D eigenvalue weighted by Crippen LogP contribution is 2.32. The fourth-order valence-corrected chi connectivity index (χ4v) is 4.31. The number of thiocarbonyl (C=S) groups is 1. The Bertz CT molecular complexity index is 891. The van der Waals surface area contributed by atoms with Crippen molar-refractivity contribution in [1.29, 1.82) is 0 Å². The molecule has 10 heteroatoms. The first-order valence-electron chi connectivity index (χ1n) is 9.97. The molecule has 4 rings (SSSR count). The number of benzene rings is 1. The molecule has 3 aliphatic rings. The van der Waals surface area contributed by atoms with E-state index < -0.39 is 24.0 Å². The Balaban J connectivity index is 1.42. The molecule has 2 N–H and O–H groups in total. The number of fused-ring (bicyclic) bond motifs is 2. The number of carbonyl (C=O) groups excluding carboxylic acids is 2. The molecule has 0 spiro atoms. The van der Waals surface area contributed by atoms with E-state index in [2.05, 4.69) is 5.32 Å². The summed E-state index contributed by atoms with van der Waals surface area (Å²) in [5.41, 5.74) is 0.805. The van der Waals surface area contributed by atoms with Gasteiger partial charge in [-0.25, -0.2) is 9.80 Å². The van der Waals surface area contributed by atoms with E-state index >= 15 is 0 Å². The molecular weight excluding hydrogens is 410 g/mol. The van der Waals surface area contributed by atoms with Crippen LogP contribution in [0.25, 0.3) is 0 Å². The van der Waals surface area contributed by atoms with Crippen LogP contribution in [0.1, 0.15) is 31.2 Å². The largest absolute Gasteiger partial charge is 0.480 e. The third kappa shape index (κ3) is 4.10. The van der Waals surface area contributed by atoms with Crippen LogP contribution in [-0.2, 0) is 20.8 Å². The molecule has 0 aliphatic carbocycles. The van der Waals surface area contributed by atoms with E-state index in [-0.39, 0.29) is 24.0 Å². The average molecular weight is 433 g/mol. The quantitative estimate of drug-likeness (QED) is 0.660. The molecule has 0 bridgehead atoms. The Morgan fingerprint density at radius 3 is 2.67 bits per heavy atom. The zero-order valence-corrected chi connectivity index (χ0v) is 17.2. The molecule has 3 aliphatic heterocycles. The minimum atomic E-state index is -1.03. The molecule has 0 aromatic heterocycles. The Morgan fingerprint density at radius 2 is 1.90 bits per heavy atom. The molecule has 2 fully saturated rings. The van der Waals surface area contributed by atoms with E-state index in [0.29, 0.717) is 43.9 Å². The molecule has 1 aromatic carbocycles. The summed E-state index contributed by atoms with van der Waals surface area (Å²) in [5, 5.41) is 15.4. The fraction of sp³-hybridized carbons (Fsp3) is 0.500. The first-order valence-corrected chi connectivity index (χ1v) is 10.4. The van der Waals surface area contributed by atoms with Crippen LogP contribution in [0.3, 0.4) is 0 Å². The maximum Gasteiger partial charge on any atom is 0.328 e. The summed E-state index contributed by atoms with van der Waals surface area (Å²) >= 11 is 5.29. The summed E-state index contributed by atoms with van der Waals surface area (Å²) in [5.74, 6) is -0.646. The molecule has 1 aromatic rings. The van der Waals surface area contributed by atoms with Crippen molar-refractivity contribution in [2.45, 2.75) is 44.2 Å². The number of ether oxygens (including phenoxy) is 2. The fourth-order valence-electron chi connectivity index (χ4n) is 4.09. The minimum absolute atomic E-state index is 0.149. The first kappa shape index (κ1) is 20.5. The number of hydrogen-bond donors (Lipinski definition) is 2. The van der Waals surface area contributed by atoms with Gasteiger partial charge in [-0.1, -0.05) is 18.3 Å². The molecular formula is C20H23N3O6S. The Hall–Kier alpha value is -2.72. The van der Waals surface area contributed by atoms with Gasteiger partial charge in [0.05, 0.1) is 4.86 Å². The van der Waals surface area contributed by atoms with E-state index in [1.54, 1.807) is 17.1 Å². The number of hydrazine groups is 1. The SMILES string of the molecule is O=C(NC1CCCN2CCC[C@@H](C(=O)O)N2C1=O)C(=S)Cc1ccc2c(c1)OCO2. The van der Waals surface area contributed by atoms with Crippen molar-refractivity contribution in [1.82, 2.24) is 15.3 Å². The van der Waals surface area contributed by atoms with Crippen molar-refractivity contribution in [2.75, 3.05) is 19.9 Å². The monoisotopic (exact) mass is 433 g/mol. The Labute approximate surface area is 178 Å². The first-order chi connectivity index (χ1) is 14.4. The van der Waals surface area contributed by atoms with Gasteiger partial charge in [0.2, 0.25) is 6.79 Å². The zero-order valence-electron chi connectivity index (χ0n) is 16.3. The maximum absolute atomic E-state index is 13.1. The molecule has 2 amide bonds. The number of nitrogens with one attached hydrogen (secondary N) is 1. The summed E-state index contributed by atoms with van der Waals surface area (Å²) in [6, 6.07) is 3.67. The van der Waals surface area contributed by atoms with Crippen LogP contribution in [-0.4, -0.2) is 69.7 Å². The van der Waals surface area contributed by atoms with Gasteiger partial charge in [-0.15, -0.1) is 0 Å². The number of carboxylic acid groups (broad SMARTS) is 1. The highest BCUT2D eigenvalue weighted by Gasteiger charge is 2.42. The highest BCUT2D eigenvalue weighted by molar-refractivity contribution is 7.82. The van der Waals surface area contributed by atoms with Gasteiger partial charge >= 0.3 is 5.97 Å². The Morgan fingerprint density at radius 1 is 1.17 bits per heavy atom. The summed E-state index contributed by atoms with van der Waals surface area (Å²) < 4.78 is 10.6. The van der Waals surface area contributed by atoms with Gasteiger partial charge in [-0.2, -0.15) is 0 Å². The highest BCUT2D eigenvalue weighted by atomic mass is 32.1.